The standard InChI is InChI=1S/C11H13N5OS/c1-16(2)9-4-3-7(12)5-8(9)11(17)14-10-6-13-15-18-10/h3-6H,12H2,1-2H3,(H,14,17). The quantitative estimate of drug-likeness (QED) is 0.819. The lowest BCUT2D eigenvalue weighted by molar-refractivity contribution is 0.102. The van der Waals surface area contributed by atoms with Crippen LogP contribution < -0.4 is 16.0 Å². The number of hydrogen-bond acceptors (Lipinski definition) is 6. The summed E-state index contributed by atoms with van der Waals surface area (Å²) in [5.74, 6) is -0.225. The number of hydrogen-bond donors (Lipinski definition) is 2. The smallest absolute Gasteiger partial charge is 0.258 e. The maximum absolute atomic E-state index is 12.1. The van der Waals surface area contributed by atoms with Gasteiger partial charge < -0.3 is 16.0 Å². The predicted octanol–water partition coefficient (Wildman–Crippen LogP) is 1.44. The molecule has 2 aromatic rings. The highest BCUT2D eigenvalue weighted by Crippen LogP contribution is 2.23. The van der Waals surface area contributed by atoms with Crippen LogP contribution in [0.2, 0.25) is 0 Å². The lowest BCUT2D eigenvalue weighted by atomic mass is 10.1. The normalized spacial score (nSPS) is 10.1. The van der Waals surface area contributed by atoms with Gasteiger partial charge in [0.1, 0.15) is 5.00 Å². The highest BCUT2D eigenvalue weighted by atomic mass is 32.1. The minimum absolute atomic E-state index is 0.225. The van der Waals surface area contributed by atoms with Crippen LogP contribution in [0.15, 0.2) is 24.4 Å². The van der Waals surface area contributed by atoms with Crippen LogP contribution in [0.5, 0.6) is 0 Å². The van der Waals surface area contributed by atoms with E-state index in [1.807, 2.05) is 25.1 Å². The molecule has 0 atom stereocenters. The Morgan fingerprint density at radius 1 is 1.44 bits per heavy atom. The van der Waals surface area contributed by atoms with Gasteiger partial charge in [0.2, 0.25) is 0 Å². The molecule has 0 aliphatic heterocycles. The Morgan fingerprint density at radius 2 is 2.22 bits per heavy atom. The van der Waals surface area contributed by atoms with E-state index >= 15 is 0 Å². The number of anilines is 3. The molecule has 2 rings (SSSR count). The molecule has 18 heavy (non-hydrogen) atoms. The van der Waals surface area contributed by atoms with Gasteiger partial charge in [-0.25, -0.2) is 0 Å². The van der Waals surface area contributed by atoms with Crippen LogP contribution >= 0.6 is 11.5 Å². The van der Waals surface area contributed by atoms with E-state index in [4.69, 9.17) is 5.73 Å². The van der Waals surface area contributed by atoms with Crippen LogP contribution in [-0.2, 0) is 0 Å². The molecule has 0 unspecified atom stereocenters. The van der Waals surface area contributed by atoms with Crippen molar-refractivity contribution in [3.63, 3.8) is 0 Å². The van der Waals surface area contributed by atoms with E-state index in [0.29, 0.717) is 16.3 Å². The summed E-state index contributed by atoms with van der Waals surface area (Å²) in [4.78, 5) is 14.0. The van der Waals surface area contributed by atoms with E-state index in [9.17, 15) is 4.79 Å². The molecule has 0 spiro atoms. The molecule has 6 nitrogen and oxygen atoms in total. The number of amides is 1. The molecule has 1 heterocycles. The number of carbonyl (C=O) groups is 1. The third-order valence-corrected chi connectivity index (χ3v) is 2.93. The number of rotatable bonds is 3. The zero-order valence-electron chi connectivity index (χ0n) is 10.0. The van der Waals surface area contributed by atoms with Gasteiger partial charge in [-0.1, -0.05) is 4.49 Å². The van der Waals surface area contributed by atoms with Crippen LogP contribution in [0.3, 0.4) is 0 Å². The number of benzene rings is 1. The van der Waals surface area contributed by atoms with Gasteiger partial charge in [0.15, 0.2) is 0 Å². The fourth-order valence-corrected chi connectivity index (χ4v) is 1.94. The molecule has 1 aromatic carbocycles. The molecule has 0 aliphatic carbocycles. The minimum atomic E-state index is -0.225. The largest absolute Gasteiger partial charge is 0.399 e. The molecular weight excluding hydrogens is 250 g/mol. The first-order valence-corrected chi connectivity index (χ1v) is 6.01. The third-order valence-electron chi connectivity index (χ3n) is 2.35. The predicted molar refractivity (Wildman–Crippen MR) is 73.0 cm³/mol. The average molecular weight is 263 g/mol. The summed E-state index contributed by atoms with van der Waals surface area (Å²) in [6.07, 6.45) is 1.50. The van der Waals surface area contributed by atoms with Crippen molar-refractivity contribution in [3.05, 3.63) is 30.0 Å². The molecule has 0 saturated heterocycles. The summed E-state index contributed by atoms with van der Waals surface area (Å²) in [6, 6.07) is 5.23. The lowest BCUT2D eigenvalue weighted by Gasteiger charge is -2.17. The number of carbonyl (C=O) groups excluding carboxylic acids is 1. The van der Waals surface area contributed by atoms with Gasteiger partial charge in [0.25, 0.3) is 5.91 Å². The van der Waals surface area contributed by atoms with Crippen molar-refractivity contribution >= 4 is 33.8 Å². The van der Waals surface area contributed by atoms with E-state index < -0.39 is 0 Å². The highest BCUT2D eigenvalue weighted by Gasteiger charge is 2.14. The second-order valence-corrected chi connectivity index (χ2v) is 4.69. The molecule has 0 aliphatic rings. The number of nitrogens with one attached hydrogen (secondary N) is 1. The molecule has 0 fully saturated rings. The van der Waals surface area contributed by atoms with Crippen LogP contribution in [0.4, 0.5) is 16.4 Å². The Hall–Kier alpha value is -2.15. The van der Waals surface area contributed by atoms with Crippen LogP contribution in [-0.4, -0.2) is 29.6 Å². The zero-order valence-corrected chi connectivity index (χ0v) is 10.9. The SMILES string of the molecule is CN(C)c1ccc(N)cc1C(=O)Nc1cnns1. The first-order valence-electron chi connectivity index (χ1n) is 5.23. The maximum Gasteiger partial charge on any atom is 0.258 e. The molecular formula is C11H13N5OS. The molecule has 3 N–H and O–H groups in total. The van der Waals surface area contributed by atoms with Gasteiger partial charge in [-0.15, -0.1) is 5.10 Å². The van der Waals surface area contributed by atoms with E-state index in [0.717, 1.165) is 17.2 Å². The fourth-order valence-electron chi connectivity index (χ4n) is 1.53. The first kappa shape index (κ1) is 12.3. The van der Waals surface area contributed by atoms with E-state index in [1.165, 1.54) is 6.20 Å². The summed E-state index contributed by atoms with van der Waals surface area (Å²) in [5, 5.41) is 7.00. The van der Waals surface area contributed by atoms with Crippen LogP contribution in [0, 0.1) is 0 Å². The van der Waals surface area contributed by atoms with Gasteiger partial charge in [0, 0.05) is 37.0 Å². The van der Waals surface area contributed by atoms with Crippen molar-refractivity contribution in [2.45, 2.75) is 0 Å². The van der Waals surface area contributed by atoms with E-state index in [2.05, 4.69) is 14.9 Å². The molecule has 94 valence electrons. The van der Waals surface area contributed by atoms with Crippen molar-refractivity contribution in [1.82, 2.24) is 9.59 Å². The monoisotopic (exact) mass is 263 g/mol. The summed E-state index contributed by atoms with van der Waals surface area (Å²) in [7, 11) is 3.74. The molecule has 7 heteroatoms. The Bertz CT molecular complexity index is 553. The van der Waals surface area contributed by atoms with Gasteiger partial charge in [-0.05, 0) is 18.2 Å². The minimum Gasteiger partial charge on any atom is -0.399 e. The first-order chi connectivity index (χ1) is 8.58. The summed E-state index contributed by atoms with van der Waals surface area (Å²) in [5.41, 5.74) is 7.59. The van der Waals surface area contributed by atoms with Gasteiger partial charge >= 0.3 is 0 Å². The molecule has 0 bridgehead atoms. The van der Waals surface area contributed by atoms with Crippen LogP contribution in [0.1, 0.15) is 10.4 Å². The van der Waals surface area contributed by atoms with E-state index in [-0.39, 0.29) is 5.91 Å². The number of nitrogen functional groups attached to an aromatic ring is 1. The molecule has 1 amide bonds. The third kappa shape index (κ3) is 2.57. The molecule has 0 radical (unpaired) electrons. The Kier molecular flexibility index (Phi) is 3.42. The van der Waals surface area contributed by atoms with Gasteiger partial charge in [0.05, 0.1) is 11.8 Å². The summed E-state index contributed by atoms with van der Waals surface area (Å²) in [6.45, 7) is 0. The van der Waals surface area contributed by atoms with Crippen molar-refractivity contribution in [2.24, 2.45) is 0 Å². The summed E-state index contributed by atoms with van der Waals surface area (Å²) >= 11 is 1.13. The average Bonchev–Trinajstić information content (AvgIpc) is 2.81. The van der Waals surface area contributed by atoms with Crippen LogP contribution in [0.25, 0.3) is 0 Å². The second kappa shape index (κ2) is 5.01. The van der Waals surface area contributed by atoms with Crippen molar-refractivity contribution in [2.75, 3.05) is 30.0 Å². The highest BCUT2D eigenvalue weighted by molar-refractivity contribution is 7.10. The Balaban J connectivity index is 2.31. The number of nitrogens with two attached hydrogens (primary N) is 1. The number of aromatic nitrogens is 2. The Morgan fingerprint density at radius 3 is 2.83 bits per heavy atom. The second-order valence-electron chi connectivity index (χ2n) is 3.91. The van der Waals surface area contributed by atoms with Crippen molar-refractivity contribution in [3.8, 4) is 0 Å². The molecule has 1 aromatic heterocycles. The number of nitrogens with zero attached hydrogens (tertiary/aromatic N) is 3. The topological polar surface area (TPSA) is 84.1 Å². The van der Waals surface area contributed by atoms with E-state index in [1.54, 1.807) is 12.1 Å². The fraction of sp³-hybridized carbons (Fsp3) is 0.182. The zero-order chi connectivity index (χ0) is 13.1. The van der Waals surface area contributed by atoms with Gasteiger partial charge in [-0.2, -0.15) is 0 Å². The van der Waals surface area contributed by atoms with Crippen molar-refractivity contribution in [1.29, 1.82) is 0 Å². The molecule has 0 saturated carbocycles. The Labute approximate surface area is 109 Å². The maximum atomic E-state index is 12.1. The summed E-state index contributed by atoms with van der Waals surface area (Å²) < 4.78 is 3.69. The van der Waals surface area contributed by atoms with Crippen molar-refractivity contribution < 1.29 is 4.79 Å². The lowest BCUT2D eigenvalue weighted by Crippen LogP contribution is -2.18. The van der Waals surface area contributed by atoms with Gasteiger partial charge in [-0.3, -0.25) is 4.79 Å².